The Kier molecular flexibility index (Phi) is 6.64. The number of hydrogen-bond acceptors (Lipinski definition) is 5. The highest BCUT2D eigenvalue weighted by atomic mass is 32.1. The number of fused-ring (bicyclic) bond motifs is 1. The maximum absolute atomic E-state index is 4.96. The molecule has 4 heterocycles. The van der Waals surface area contributed by atoms with Crippen molar-refractivity contribution in [3.63, 3.8) is 0 Å². The molecule has 0 radical (unpaired) electrons. The predicted octanol–water partition coefficient (Wildman–Crippen LogP) is 6.10. The Morgan fingerprint density at radius 2 is 2.06 bits per heavy atom. The molecule has 0 saturated heterocycles. The number of aromatic nitrogens is 5. The van der Waals surface area contributed by atoms with E-state index in [1.54, 1.807) is 17.5 Å². The summed E-state index contributed by atoms with van der Waals surface area (Å²) in [6.07, 6.45) is 9.60. The van der Waals surface area contributed by atoms with Gasteiger partial charge in [0.15, 0.2) is 5.82 Å². The van der Waals surface area contributed by atoms with Gasteiger partial charge in [-0.25, -0.2) is 4.98 Å². The predicted molar refractivity (Wildman–Crippen MR) is 152 cm³/mol. The summed E-state index contributed by atoms with van der Waals surface area (Å²) in [5.74, 6) is 0.710. The molecule has 36 heavy (non-hydrogen) atoms. The number of pyridine rings is 1. The van der Waals surface area contributed by atoms with Crippen LogP contribution in [0.15, 0.2) is 73.0 Å². The van der Waals surface area contributed by atoms with E-state index in [-0.39, 0.29) is 0 Å². The Morgan fingerprint density at radius 3 is 2.83 bits per heavy atom. The van der Waals surface area contributed by atoms with Crippen LogP contribution >= 0.6 is 11.3 Å². The minimum absolute atomic E-state index is 0.710. The summed E-state index contributed by atoms with van der Waals surface area (Å²) in [6.45, 7) is 12.5. The zero-order chi connectivity index (χ0) is 25.1. The van der Waals surface area contributed by atoms with Crippen molar-refractivity contribution in [1.29, 1.82) is 0 Å². The number of H-pyrrole nitrogens is 2. The molecule has 0 aliphatic rings. The first-order valence-electron chi connectivity index (χ1n) is 11.9. The second-order valence-electron chi connectivity index (χ2n) is 8.56. The molecule has 0 atom stereocenters. The lowest BCUT2D eigenvalue weighted by Gasteiger charge is -2.09. The Balaban J connectivity index is 1.55. The Labute approximate surface area is 213 Å². The molecule has 4 aromatic heterocycles. The van der Waals surface area contributed by atoms with E-state index in [4.69, 9.17) is 4.98 Å². The molecule has 0 bridgehead atoms. The van der Waals surface area contributed by atoms with Gasteiger partial charge in [-0.1, -0.05) is 50.8 Å². The van der Waals surface area contributed by atoms with Crippen LogP contribution in [0.1, 0.15) is 32.3 Å². The maximum Gasteiger partial charge on any atom is 0.159 e. The van der Waals surface area contributed by atoms with E-state index in [1.807, 2.05) is 43.5 Å². The van der Waals surface area contributed by atoms with Gasteiger partial charge in [-0.05, 0) is 48.6 Å². The zero-order valence-corrected chi connectivity index (χ0v) is 21.2. The first kappa shape index (κ1) is 23.5. The third-order valence-corrected chi connectivity index (χ3v) is 6.85. The van der Waals surface area contributed by atoms with Crippen molar-refractivity contribution in [1.82, 2.24) is 25.1 Å². The van der Waals surface area contributed by atoms with Gasteiger partial charge in [0.05, 0.1) is 28.3 Å². The highest BCUT2D eigenvalue weighted by molar-refractivity contribution is 7.13. The Bertz CT molecular complexity index is 1670. The fourth-order valence-corrected chi connectivity index (χ4v) is 4.95. The SMILES string of the molecule is C=C(CCC)Nc1cncc(C(=C)/C=c2/c(-c3nc4c(-c5cccs5)cccc4[nH]3)n[nH]/c2=C/C)c1. The van der Waals surface area contributed by atoms with Crippen LogP contribution < -0.4 is 15.9 Å². The van der Waals surface area contributed by atoms with Crippen LogP contribution in [-0.2, 0) is 0 Å². The van der Waals surface area contributed by atoms with Gasteiger partial charge in [0.2, 0.25) is 0 Å². The minimum Gasteiger partial charge on any atom is -0.358 e. The van der Waals surface area contributed by atoms with Crippen LogP contribution in [-0.4, -0.2) is 25.1 Å². The van der Waals surface area contributed by atoms with Crippen LogP contribution in [0.25, 0.3) is 50.7 Å². The minimum atomic E-state index is 0.710. The van der Waals surface area contributed by atoms with Gasteiger partial charge in [0, 0.05) is 33.1 Å². The summed E-state index contributed by atoms with van der Waals surface area (Å²) in [6, 6.07) is 12.4. The third kappa shape index (κ3) is 4.65. The first-order chi connectivity index (χ1) is 17.6. The van der Waals surface area contributed by atoms with Crippen molar-refractivity contribution in [2.75, 3.05) is 5.32 Å². The van der Waals surface area contributed by atoms with Crippen LogP contribution in [0.5, 0.6) is 0 Å². The third-order valence-electron chi connectivity index (χ3n) is 5.95. The second-order valence-corrected chi connectivity index (χ2v) is 9.51. The van der Waals surface area contributed by atoms with E-state index in [1.165, 1.54) is 4.88 Å². The van der Waals surface area contributed by atoms with E-state index in [0.717, 1.165) is 68.2 Å². The van der Waals surface area contributed by atoms with E-state index in [2.05, 4.69) is 69.1 Å². The molecule has 7 heteroatoms. The standard InChI is InChI=1S/C29H28N6S/c1-5-9-19(4)31-21-15-20(16-30-17-21)18(3)14-23-24(6-2)34-35-28(23)29-32-25-11-7-10-22(27(25)33-29)26-12-8-13-36-26/h6-8,10-17,31,34H,3-5,9H2,1-2H3,(H,32,33)/b23-14+,24-6+. The molecule has 0 aliphatic carbocycles. The van der Waals surface area contributed by atoms with Gasteiger partial charge in [-0.3, -0.25) is 10.1 Å². The van der Waals surface area contributed by atoms with Gasteiger partial charge >= 0.3 is 0 Å². The molecule has 0 unspecified atom stereocenters. The van der Waals surface area contributed by atoms with Crippen molar-refractivity contribution in [2.45, 2.75) is 26.7 Å². The summed E-state index contributed by atoms with van der Waals surface area (Å²) < 4.78 is 0. The maximum atomic E-state index is 4.96. The molecular weight excluding hydrogens is 464 g/mol. The summed E-state index contributed by atoms with van der Waals surface area (Å²) >= 11 is 1.71. The van der Waals surface area contributed by atoms with Crippen LogP contribution in [0.2, 0.25) is 0 Å². The monoisotopic (exact) mass is 492 g/mol. The van der Waals surface area contributed by atoms with Crippen LogP contribution in [0, 0.1) is 0 Å². The zero-order valence-electron chi connectivity index (χ0n) is 20.4. The number of thiophene rings is 1. The largest absolute Gasteiger partial charge is 0.358 e. The highest BCUT2D eigenvalue weighted by Crippen LogP contribution is 2.31. The highest BCUT2D eigenvalue weighted by Gasteiger charge is 2.14. The molecular formula is C29H28N6S. The molecule has 6 nitrogen and oxygen atoms in total. The number of rotatable bonds is 8. The normalized spacial score (nSPS) is 12.4. The lowest BCUT2D eigenvalue weighted by Crippen LogP contribution is -2.23. The lowest BCUT2D eigenvalue weighted by molar-refractivity contribution is 0.913. The van der Waals surface area contributed by atoms with Gasteiger partial charge in [0.25, 0.3) is 0 Å². The van der Waals surface area contributed by atoms with Crippen LogP contribution in [0.4, 0.5) is 5.69 Å². The molecule has 180 valence electrons. The van der Waals surface area contributed by atoms with E-state index in [0.29, 0.717) is 5.82 Å². The topological polar surface area (TPSA) is 82.3 Å². The first-order valence-corrected chi connectivity index (χ1v) is 12.8. The fourth-order valence-electron chi connectivity index (χ4n) is 4.20. The van der Waals surface area contributed by atoms with Crippen molar-refractivity contribution < 1.29 is 0 Å². The molecule has 1 aromatic carbocycles. The Hall–Kier alpha value is -4.23. The molecule has 0 aliphatic heterocycles. The number of allylic oxidation sites excluding steroid dienone is 2. The van der Waals surface area contributed by atoms with E-state index < -0.39 is 0 Å². The molecule has 0 spiro atoms. The summed E-state index contributed by atoms with van der Waals surface area (Å²) in [5, 5.41) is 15.0. The Morgan fingerprint density at radius 1 is 1.17 bits per heavy atom. The number of para-hydroxylation sites is 1. The smallest absolute Gasteiger partial charge is 0.159 e. The summed E-state index contributed by atoms with van der Waals surface area (Å²) in [5.41, 5.74) is 7.37. The van der Waals surface area contributed by atoms with E-state index in [9.17, 15) is 0 Å². The average Bonchev–Trinajstić information content (AvgIpc) is 3.63. The van der Waals surface area contributed by atoms with Gasteiger partial charge in [-0.15, -0.1) is 11.3 Å². The van der Waals surface area contributed by atoms with Gasteiger partial charge in [0.1, 0.15) is 5.69 Å². The average molecular weight is 493 g/mol. The fraction of sp³-hybridized carbons (Fsp3) is 0.138. The molecule has 0 fully saturated rings. The lowest BCUT2D eigenvalue weighted by atomic mass is 10.1. The van der Waals surface area contributed by atoms with Crippen LogP contribution in [0.3, 0.4) is 0 Å². The molecule has 0 amide bonds. The van der Waals surface area contributed by atoms with Crippen molar-refractivity contribution in [2.24, 2.45) is 0 Å². The summed E-state index contributed by atoms with van der Waals surface area (Å²) in [7, 11) is 0. The van der Waals surface area contributed by atoms with Crippen molar-refractivity contribution in [3.8, 4) is 22.0 Å². The van der Waals surface area contributed by atoms with E-state index >= 15 is 0 Å². The van der Waals surface area contributed by atoms with Gasteiger partial charge < -0.3 is 10.3 Å². The molecule has 3 N–H and O–H groups in total. The molecule has 5 rings (SSSR count). The molecule has 5 aromatic rings. The second kappa shape index (κ2) is 10.2. The summed E-state index contributed by atoms with van der Waals surface area (Å²) in [4.78, 5) is 14.0. The number of hydrogen-bond donors (Lipinski definition) is 3. The quantitative estimate of drug-likeness (QED) is 0.245. The number of anilines is 1. The number of nitrogens with one attached hydrogen (secondary N) is 3. The number of aromatic amines is 2. The number of benzene rings is 1. The number of imidazole rings is 1. The van der Waals surface area contributed by atoms with Gasteiger partial charge in [-0.2, -0.15) is 5.10 Å². The molecule has 0 saturated carbocycles. The van der Waals surface area contributed by atoms with Crippen molar-refractivity contribution in [3.05, 3.63) is 89.2 Å². The van der Waals surface area contributed by atoms with Crippen molar-refractivity contribution >= 4 is 45.8 Å². The number of nitrogens with zero attached hydrogens (tertiary/aromatic N) is 3.